The van der Waals surface area contributed by atoms with Gasteiger partial charge in [0.2, 0.25) is 11.9 Å². The van der Waals surface area contributed by atoms with Gasteiger partial charge in [-0.05, 0) is 28.4 Å². The second-order valence-electron chi connectivity index (χ2n) is 3.73. The molecular formula is C9H9BrCl2N4O. The Kier molecular flexibility index (Phi) is 3.87. The van der Waals surface area contributed by atoms with Crippen LogP contribution in [0.25, 0.3) is 0 Å². The van der Waals surface area contributed by atoms with Crippen LogP contribution in [0.15, 0.2) is 4.47 Å². The molecule has 1 aromatic heterocycles. The smallest absolute Gasteiger partial charge is 0.235 e. The van der Waals surface area contributed by atoms with Gasteiger partial charge in [0.15, 0.2) is 0 Å². The first-order valence-electron chi connectivity index (χ1n) is 4.92. The van der Waals surface area contributed by atoms with Gasteiger partial charge in [0.1, 0.15) is 10.3 Å². The second-order valence-corrected chi connectivity index (χ2v) is 5.24. The minimum absolute atomic E-state index is 0.0603. The van der Waals surface area contributed by atoms with Gasteiger partial charge in [-0.25, -0.2) is 0 Å². The molecule has 0 bridgehead atoms. The molecule has 2 rings (SSSR count). The summed E-state index contributed by atoms with van der Waals surface area (Å²) < 4.78 is 0.423. The second kappa shape index (κ2) is 5.06. The van der Waals surface area contributed by atoms with Crippen LogP contribution < -0.4 is 10.6 Å². The zero-order valence-electron chi connectivity index (χ0n) is 8.66. The first-order valence-corrected chi connectivity index (χ1v) is 6.46. The van der Waals surface area contributed by atoms with Crippen LogP contribution >= 0.6 is 39.1 Å². The Bertz CT molecular complexity index is 447. The molecule has 2 N–H and O–H groups in total. The van der Waals surface area contributed by atoms with Gasteiger partial charge >= 0.3 is 0 Å². The number of nitrogens with two attached hydrogens (primary N) is 1. The molecule has 1 aliphatic heterocycles. The fraction of sp³-hybridized carbons (Fsp3) is 0.444. The summed E-state index contributed by atoms with van der Waals surface area (Å²) in [6, 6.07) is 0. The Morgan fingerprint density at radius 2 is 2.00 bits per heavy atom. The number of carbonyl (C=O) groups is 1. The van der Waals surface area contributed by atoms with Gasteiger partial charge in [-0.3, -0.25) is 9.69 Å². The number of hydrogen-bond acceptors (Lipinski definition) is 4. The number of aromatic nitrogens is 2. The molecule has 92 valence electrons. The van der Waals surface area contributed by atoms with E-state index in [1.165, 1.54) is 4.90 Å². The molecule has 2 heterocycles. The van der Waals surface area contributed by atoms with Crippen LogP contribution in [0.2, 0.25) is 10.3 Å². The number of anilines is 1. The van der Waals surface area contributed by atoms with Gasteiger partial charge in [-0.1, -0.05) is 23.2 Å². The normalized spacial score (nSPS) is 20.1. The van der Waals surface area contributed by atoms with E-state index in [9.17, 15) is 4.79 Å². The Balaban J connectivity index is 2.32. The molecule has 1 aromatic rings. The monoisotopic (exact) mass is 338 g/mol. The van der Waals surface area contributed by atoms with Gasteiger partial charge in [0.05, 0.1) is 4.47 Å². The largest absolute Gasteiger partial charge is 0.330 e. The third kappa shape index (κ3) is 2.54. The Hall–Kier alpha value is -0.430. The number of rotatable bonds is 2. The van der Waals surface area contributed by atoms with E-state index < -0.39 is 0 Å². The van der Waals surface area contributed by atoms with Crippen molar-refractivity contribution in [3.63, 3.8) is 0 Å². The fourth-order valence-corrected chi connectivity index (χ4v) is 2.19. The maximum atomic E-state index is 11.7. The van der Waals surface area contributed by atoms with Crippen molar-refractivity contribution < 1.29 is 4.79 Å². The third-order valence-corrected chi connectivity index (χ3v) is 4.29. The van der Waals surface area contributed by atoms with Crippen molar-refractivity contribution in [2.75, 3.05) is 18.0 Å². The van der Waals surface area contributed by atoms with Crippen molar-refractivity contribution in [1.82, 2.24) is 9.97 Å². The summed E-state index contributed by atoms with van der Waals surface area (Å²) in [5, 5.41) is 0.369. The first kappa shape index (κ1) is 13.0. The zero-order valence-corrected chi connectivity index (χ0v) is 11.8. The third-order valence-electron chi connectivity index (χ3n) is 2.54. The van der Waals surface area contributed by atoms with Crippen molar-refractivity contribution >= 4 is 51.0 Å². The number of halogens is 3. The minimum Gasteiger partial charge on any atom is -0.330 e. The van der Waals surface area contributed by atoms with Crippen LogP contribution in [0, 0.1) is 5.92 Å². The number of amides is 1. The molecule has 1 amide bonds. The first-order chi connectivity index (χ1) is 8.02. The lowest BCUT2D eigenvalue weighted by Crippen LogP contribution is -2.27. The molecule has 0 spiro atoms. The van der Waals surface area contributed by atoms with Crippen molar-refractivity contribution in [3.05, 3.63) is 14.8 Å². The molecule has 5 nitrogen and oxygen atoms in total. The molecule has 1 unspecified atom stereocenters. The molecule has 8 heteroatoms. The van der Waals surface area contributed by atoms with E-state index >= 15 is 0 Å². The van der Waals surface area contributed by atoms with Crippen molar-refractivity contribution in [3.8, 4) is 0 Å². The van der Waals surface area contributed by atoms with Gasteiger partial charge in [0.25, 0.3) is 0 Å². The van der Waals surface area contributed by atoms with Gasteiger partial charge in [0, 0.05) is 13.0 Å². The van der Waals surface area contributed by atoms with Gasteiger partial charge < -0.3 is 5.73 Å². The van der Waals surface area contributed by atoms with E-state index in [1.807, 2.05) is 0 Å². The zero-order chi connectivity index (χ0) is 12.6. The summed E-state index contributed by atoms with van der Waals surface area (Å²) in [4.78, 5) is 21.2. The Morgan fingerprint density at radius 3 is 2.47 bits per heavy atom. The van der Waals surface area contributed by atoms with Crippen LogP contribution in [-0.4, -0.2) is 29.0 Å². The van der Waals surface area contributed by atoms with E-state index in [0.717, 1.165) is 0 Å². The summed E-state index contributed by atoms with van der Waals surface area (Å²) in [6.07, 6.45) is 0.408. The van der Waals surface area contributed by atoms with Crippen LogP contribution in [-0.2, 0) is 4.79 Å². The van der Waals surface area contributed by atoms with E-state index in [0.29, 0.717) is 24.0 Å². The van der Waals surface area contributed by atoms with Crippen molar-refractivity contribution in [2.24, 2.45) is 11.7 Å². The van der Waals surface area contributed by atoms with Gasteiger partial charge in [-0.2, -0.15) is 9.97 Å². The van der Waals surface area contributed by atoms with E-state index in [1.54, 1.807) is 0 Å². The van der Waals surface area contributed by atoms with Crippen molar-refractivity contribution in [1.29, 1.82) is 0 Å². The molecule has 0 aromatic carbocycles. The number of carbonyl (C=O) groups excluding carboxylic acids is 1. The topological polar surface area (TPSA) is 72.1 Å². The lowest BCUT2D eigenvalue weighted by Gasteiger charge is -2.14. The van der Waals surface area contributed by atoms with E-state index in [2.05, 4.69) is 25.9 Å². The van der Waals surface area contributed by atoms with Gasteiger partial charge in [-0.15, -0.1) is 0 Å². The standard InChI is InChI=1S/C9H9BrCl2N4O/c10-6-7(11)14-9(15-8(6)12)16-3-4(2-13)1-5(16)17/h4H,1-3,13H2. The lowest BCUT2D eigenvalue weighted by atomic mass is 10.1. The molecule has 1 fully saturated rings. The SMILES string of the molecule is NCC1CC(=O)N(c2nc(Cl)c(Br)c(Cl)n2)C1. The Morgan fingerprint density at radius 1 is 1.41 bits per heavy atom. The number of hydrogen-bond donors (Lipinski definition) is 1. The predicted octanol–water partition coefficient (Wildman–Crippen LogP) is 1.86. The molecule has 1 aliphatic rings. The lowest BCUT2D eigenvalue weighted by molar-refractivity contribution is -0.117. The van der Waals surface area contributed by atoms with E-state index in [4.69, 9.17) is 28.9 Å². The molecule has 17 heavy (non-hydrogen) atoms. The molecule has 0 saturated carbocycles. The summed E-state index contributed by atoms with van der Waals surface area (Å²) >= 11 is 14.9. The van der Waals surface area contributed by atoms with Crippen LogP contribution in [0.5, 0.6) is 0 Å². The molecule has 0 aliphatic carbocycles. The number of nitrogens with zero attached hydrogens (tertiary/aromatic N) is 3. The molecule has 1 atom stereocenters. The summed E-state index contributed by atoms with van der Waals surface area (Å²) in [5.74, 6) is 0.298. The average molecular weight is 340 g/mol. The highest BCUT2D eigenvalue weighted by Gasteiger charge is 2.32. The van der Waals surface area contributed by atoms with Crippen LogP contribution in [0.1, 0.15) is 6.42 Å². The molecule has 0 radical (unpaired) electrons. The highest BCUT2D eigenvalue weighted by Crippen LogP contribution is 2.31. The maximum Gasteiger partial charge on any atom is 0.235 e. The van der Waals surface area contributed by atoms with E-state index in [-0.39, 0.29) is 28.1 Å². The molecule has 1 saturated heterocycles. The van der Waals surface area contributed by atoms with Crippen molar-refractivity contribution in [2.45, 2.75) is 6.42 Å². The summed E-state index contributed by atoms with van der Waals surface area (Å²) in [5.41, 5.74) is 5.54. The molecular weight excluding hydrogens is 331 g/mol. The fourth-order valence-electron chi connectivity index (χ4n) is 1.64. The quantitative estimate of drug-likeness (QED) is 0.835. The Labute approximate surface area is 116 Å². The summed E-state index contributed by atoms with van der Waals surface area (Å²) in [7, 11) is 0. The van der Waals surface area contributed by atoms with Crippen LogP contribution in [0.3, 0.4) is 0 Å². The highest BCUT2D eigenvalue weighted by molar-refractivity contribution is 9.10. The van der Waals surface area contributed by atoms with Crippen LogP contribution in [0.4, 0.5) is 5.95 Å². The summed E-state index contributed by atoms with van der Waals surface area (Å²) in [6.45, 7) is 0.962. The predicted molar refractivity (Wildman–Crippen MR) is 69.3 cm³/mol. The minimum atomic E-state index is -0.0603. The average Bonchev–Trinajstić information content (AvgIpc) is 2.67. The highest BCUT2D eigenvalue weighted by atomic mass is 79.9. The maximum absolute atomic E-state index is 11.7.